The number of rotatable bonds is 6. The van der Waals surface area contributed by atoms with Crippen LogP contribution in [0.15, 0.2) is 0 Å². The highest BCUT2D eigenvalue weighted by Crippen LogP contribution is 2.03. The Morgan fingerprint density at radius 2 is 2.20 bits per heavy atom. The van der Waals surface area contributed by atoms with Crippen molar-refractivity contribution in [2.75, 3.05) is 13.6 Å². The maximum Gasteiger partial charge on any atom is 0.223 e. The molecule has 0 aliphatic rings. The molecule has 0 spiro atoms. The van der Waals surface area contributed by atoms with Gasteiger partial charge in [0.15, 0.2) is 0 Å². The zero-order valence-electron chi connectivity index (χ0n) is 9.86. The molecule has 0 heterocycles. The number of nitriles is 1. The smallest absolute Gasteiger partial charge is 0.223 e. The summed E-state index contributed by atoms with van der Waals surface area (Å²) in [6.07, 6.45) is 2.24. The first-order chi connectivity index (χ1) is 7.01. The van der Waals surface area contributed by atoms with Crippen molar-refractivity contribution >= 4 is 5.91 Å². The monoisotopic (exact) mass is 211 g/mol. The van der Waals surface area contributed by atoms with Crippen LogP contribution in [0.1, 0.15) is 33.1 Å². The first kappa shape index (κ1) is 13.9. The van der Waals surface area contributed by atoms with Crippen LogP contribution >= 0.6 is 0 Å². The molecule has 1 amide bonds. The summed E-state index contributed by atoms with van der Waals surface area (Å²) in [6.45, 7) is 4.33. The number of carbonyl (C=O) groups excluding carboxylic acids is 1. The lowest BCUT2D eigenvalue weighted by atomic mass is 10.1. The average molecular weight is 211 g/mol. The summed E-state index contributed by atoms with van der Waals surface area (Å²) in [6, 6.07) is 2.05. The average Bonchev–Trinajstić information content (AvgIpc) is 2.17. The molecule has 0 rings (SSSR count). The summed E-state index contributed by atoms with van der Waals surface area (Å²) in [7, 11) is 1.72. The van der Waals surface area contributed by atoms with E-state index in [1.807, 2.05) is 6.92 Å². The molecule has 0 saturated carbocycles. The Labute approximate surface area is 92.0 Å². The van der Waals surface area contributed by atoms with Crippen molar-refractivity contribution < 1.29 is 4.79 Å². The third kappa shape index (κ3) is 6.08. The first-order valence-corrected chi connectivity index (χ1v) is 5.40. The van der Waals surface area contributed by atoms with Gasteiger partial charge in [-0.25, -0.2) is 0 Å². The Hall–Kier alpha value is -1.08. The molecule has 4 nitrogen and oxygen atoms in total. The fraction of sp³-hybridized carbons (Fsp3) is 0.818. The molecule has 2 atom stereocenters. The maximum absolute atomic E-state index is 11.6. The van der Waals surface area contributed by atoms with Gasteiger partial charge in [-0.15, -0.1) is 0 Å². The lowest BCUT2D eigenvalue weighted by molar-refractivity contribution is -0.130. The molecule has 0 aromatic carbocycles. The van der Waals surface area contributed by atoms with Crippen LogP contribution in [0.4, 0.5) is 0 Å². The van der Waals surface area contributed by atoms with Gasteiger partial charge in [-0.1, -0.05) is 13.3 Å². The molecule has 0 aliphatic carbocycles. The summed E-state index contributed by atoms with van der Waals surface area (Å²) in [4.78, 5) is 13.2. The van der Waals surface area contributed by atoms with E-state index in [1.165, 1.54) is 0 Å². The van der Waals surface area contributed by atoms with E-state index >= 15 is 0 Å². The molecule has 2 unspecified atom stereocenters. The normalized spacial score (nSPS) is 14.1. The van der Waals surface area contributed by atoms with Crippen LogP contribution in [-0.4, -0.2) is 30.4 Å². The van der Waals surface area contributed by atoms with Crippen molar-refractivity contribution in [1.29, 1.82) is 5.26 Å². The molecule has 0 saturated heterocycles. The highest BCUT2D eigenvalue weighted by molar-refractivity contribution is 5.76. The molecule has 86 valence electrons. The van der Waals surface area contributed by atoms with E-state index in [0.717, 1.165) is 12.8 Å². The molecule has 0 fully saturated rings. The van der Waals surface area contributed by atoms with E-state index < -0.39 is 0 Å². The van der Waals surface area contributed by atoms with E-state index in [-0.39, 0.29) is 17.9 Å². The van der Waals surface area contributed by atoms with Crippen LogP contribution in [0.3, 0.4) is 0 Å². The lowest BCUT2D eigenvalue weighted by Crippen LogP contribution is -2.35. The SMILES string of the molecule is CCCC(N)CC(=O)N(C)CC(C)C#N. The topological polar surface area (TPSA) is 70.1 Å². The van der Waals surface area contributed by atoms with E-state index in [1.54, 1.807) is 18.9 Å². The zero-order chi connectivity index (χ0) is 11.8. The summed E-state index contributed by atoms with van der Waals surface area (Å²) >= 11 is 0. The Kier molecular flexibility index (Phi) is 6.72. The molecule has 0 aliphatic heterocycles. The largest absolute Gasteiger partial charge is 0.344 e. The molecule has 4 heteroatoms. The summed E-state index contributed by atoms with van der Waals surface area (Å²) in [5, 5.41) is 8.62. The van der Waals surface area contributed by atoms with E-state index in [9.17, 15) is 4.79 Å². The van der Waals surface area contributed by atoms with E-state index in [2.05, 4.69) is 6.07 Å². The van der Waals surface area contributed by atoms with Crippen LogP contribution < -0.4 is 5.73 Å². The second-order valence-electron chi connectivity index (χ2n) is 4.06. The number of nitrogens with zero attached hydrogens (tertiary/aromatic N) is 2. The third-order valence-corrected chi connectivity index (χ3v) is 2.29. The molecule has 0 aromatic heterocycles. The standard InChI is InChI=1S/C11H21N3O/c1-4-5-10(13)6-11(15)14(3)8-9(2)7-12/h9-10H,4-6,8,13H2,1-3H3. The van der Waals surface area contributed by atoms with Crippen molar-refractivity contribution in [2.24, 2.45) is 11.7 Å². The molecule has 15 heavy (non-hydrogen) atoms. The fourth-order valence-corrected chi connectivity index (χ4v) is 1.41. The van der Waals surface area contributed by atoms with Gasteiger partial charge >= 0.3 is 0 Å². The van der Waals surface area contributed by atoms with Crippen molar-refractivity contribution in [1.82, 2.24) is 4.90 Å². The third-order valence-electron chi connectivity index (χ3n) is 2.29. The second kappa shape index (κ2) is 7.24. The van der Waals surface area contributed by atoms with E-state index in [0.29, 0.717) is 13.0 Å². The lowest BCUT2D eigenvalue weighted by Gasteiger charge is -2.20. The number of hydrogen-bond acceptors (Lipinski definition) is 3. The number of hydrogen-bond donors (Lipinski definition) is 1. The van der Waals surface area contributed by atoms with E-state index in [4.69, 9.17) is 11.0 Å². The van der Waals surface area contributed by atoms with Gasteiger partial charge in [-0.05, 0) is 13.3 Å². The van der Waals surface area contributed by atoms with Gasteiger partial charge in [-0.2, -0.15) is 5.26 Å². The molecule has 0 bridgehead atoms. The van der Waals surface area contributed by atoms with Gasteiger partial charge in [0, 0.05) is 26.1 Å². The summed E-state index contributed by atoms with van der Waals surface area (Å²) in [5.74, 6) is -0.0978. The number of amides is 1. The predicted octanol–water partition coefficient (Wildman–Crippen LogP) is 1.12. The van der Waals surface area contributed by atoms with Gasteiger partial charge in [-0.3, -0.25) is 4.79 Å². The minimum atomic E-state index is -0.124. The Bertz CT molecular complexity index is 234. The zero-order valence-corrected chi connectivity index (χ0v) is 9.86. The fourth-order valence-electron chi connectivity index (χ4n) is 1.41. The highest BCUT2D eigenvalue weighted by atomic mass is 16.2. The minimum absolute atomic E-state index is 0.0260. The Morgan fingerprint density at radius 1 is 1.60 bits per heavy atom. The van der Waals surface area contributed by atoms with Gasteiger partial charge in [0.1, 0.15) is 0 Å². The van der Waals surface area contributed by atoms with Crippen molar-refractivity contribution in [3.8, 4) is 6.07 Å². The van der Waals surface area contributed by atoms with Gasteiger partial charge in [0.25, 0.3) is 0 Å². The molecule has 0 radical (unpaired) electrons. The Morgan fingerprint density at radius 3 is 2.67 bits per heavy atom. The molecular formula is C11H21N3O. The van der Waals surface area contributed by atoms with Crippen LogP contribution in [-0.2, 0) is 4.79 Å². The van der Waals surface area contributed by atoms with Gasteiger partial charge < -0.3 is 10.6 Å². The van der Waals surface area contributed by atoms with Crippen molar-refractivity contribution in [3.63, 3.8) is 0 Å². The second-order valence-corrected chi connectivity index (χ2v) is 4.06. The van der Waals surface area contributed by atoms with Gasteiger partial charge in [0.2, 0.25) is 5.91 Å². The van der Waals surface area contributed by atoms with Gasteiger partial charge in [0.05, 0.1) is 12.0 Å². The number of carbonyl (C=O) groups is 1. The first-order valence-electron chi connectivity index (χ1n) is 5.40. The highest BCUT2D eigenvalue weighted by Gasteiger charge is 2.14. The quantitative estimate of drug-likeness (QED) is 0.715. The van der Waals surface area contributed by atoms with Crippen LogP contribution in [0, 0.1) is 17.2 Å². The Balaban J connectivity index is 3.94. The van der Waals surface area contributed by atoms with Crippen molar-refractivity contribution in [3.05, 3.63) is 0 Å². The van der Waals surface area contributed by atoms with Crippen molar-refractivity contribution in [2.45, 2.75) is 39.2 Å². The summed E-state index contributed by atoms with van der Waals surface area (Å²) < 4.78 is 0. The molecule has 0 aromatic rings. The number of nitrogens with two attached hydrogens (primary N) is 1. The maximum atomic E-state index is 11.6. The molecular weight excluding hydrogens is 190 g/mol. The summed E-state index contributed by atoms with van der Waals surface area (Å²) in [5.41, 5.74) is 5.77. The predicted molar refractivity (Wildman–Crippen MR) is 59.9 cm³/mol. The van der Waals surface area contributed by atoms with Crippen LogP contribution in [0.2, 0.25) is 0 Å². The van der Waals surface area contributed by atoms with Crippen LogP contribution in [0.25, 0.3) is 0 Å². The van der Waals surface area contributed by atoms with Crippen LogP contribution in [0.5, 0.6) is 0 Å². The minimum Gasteiger partial charge on any atom is -0.344 e. The molecule has 2 N–H and O–H groups in total.